The summed E-state index contributed by atoms with van der Waals surface area (Å²) in [6, 6.07) is -0.621. The van der Waals surface area contributed by atoms with Crippen LogP contribution in [0.3, 0.4) is 0 Å². The molecule has 83 heavy (non-hydrogen) atoms. The summed E-state index contributed by atoms with van der Waals surface area (Å²) in [5.74, 6) is -0.0528. The molecule has 0 aliphatic heterocycles. The molecule has 0 aliphatic rings. The minimum Gasteiger partial charge on any atom is -0.394 e. The van der Waals surface area contributed by atoms with Crippen LogP contribution < -0.4 is 5.32 Å². The van der Waals surface area contributed by atoms with Crippen LogP contribution in [0.15, 0.2) is 24.3 Å². The van der Waals surface area contributed by atoms with Crippen LogP contribution in [0.25, 0.3) is 0 Å². The van der Waals surface area contributed by atoms with Crippen molar-refractivity contribution in [2.24, 2.45) is 0 Å². The quantitative estimate of drug-likeness (QED) is 0.0420. The summed E-state index contributed by atoms with van der Waals surface area (Å²) in [7, 11) is 0. The van der Waals surface area contributed by atoms with Gasteiger partial charge in [-0.25, -0.2) is 0 Å². The molecule has 2 unspecified atom stereocenters. The maximum Gasteiger partial charge on any atom is 0.220 e. The lowest BCUT2D eigenvalue weighted by Gasteiger charge is -2.20. The van der Waals surface area contributed by atoms with Crippen LogP contribution in [0.1, 0.15) is 457 Å². The first-order valence-electron chi connectivity index (χ1n) is 39.1. The Bertz CT molecular complexity index is 1230. The van der Waals surface area contributed by atoms with Crippen molar-refractivity contribution >= 4 is 5.91 Å². The van der Waals surface area contributed by atoms with E-state index in [4.69, 9.17) is 0 Å². The molecular weight excluding hydrogens is 1010 g/mol. The summed E-state index contributed by atoms with van der Waals surface area (Å²) in [4.78, 5) is 12.6. The van der Waals surface area contributed by atoms with Gasteiger partial charge in [0.1, 0.15) is 0 Å². The minimum atomic E-state index is -0.839. The molecule has 0 saturated heterocycles. The molecule has 3 N–H and O–H groups in total. The van der Waals surface area contributed by atoms with Crippen LogP contribution in [0.4, 0.5) is 0 Å². The van der Waals surface area contributed by atoms with Gasteiger partial charge in [0.05, 0.1) is 18.8 Å². The van der Waals surface area contributed by atoms with Gasteiger partial charge in [-0.1, -0.05) is 430 Å². The van der Waals surface area contributed by atoms with Crippen molar-refractivity contribution in [3.05, 3.63) is 24.3 Å². The molecule has 0 spiro atoms. The Hall–Kier alpha value is -1.13. The van der Waals surface area contributed by atoms with E-state index in [0.29, 0.717) is 6.42 Å². The van der Waals surface area contributed by atoms with Gasteiger partial charge in [0.25, 0.3) is 0 Å². The Morgan fingerprint density at radius 2 is 0.458 bits per heavy atom. The van der Waals surface area contributed by atoms with E-state index in [-0.39, 0.29) is 12.5 Å². The van der Waals surface area contributed by atoms with Gasteiger partial charge in [-0.3, -0.25) is 4.79 Å². The normalized spacial score (nSPS) is 12.7. The van der Waals surface area contributed by atoms with Crippen LogP contribution in [0, 0.1) is 0 Å². The van der Waals surface area contributed by atoms with Crippen molar-refractivity contribution < 1.29 is 15.0 Å². The van der Waals surface area contributed by atoms with Crippen molar-refractivity contribution in [1.82, 2.24) is 5.32 Å². The van der Waals surface area contributed by atoms with Crippen LogP contribution in [-0.2, 0) is 4.79 Å². The van der Waals surface area contributed by atoms with Crippen molar-refractivity contribution in [2.75, 3.05) is 6.61 Å². The van der Waals surface area contributed by atoms with Gasteiger partial charge in [0.2, 0.25) is 5.91 Å². The van der Waals surface area contributed by atoms with E-state index in [2.05, 4.69) is 31.3 Å². The van der Waals surface area contributed by atoms with Gasteiger partial charge >= 0.3 is 0 Å². The molecule has 4 heteroatoms. The third-order valence-electron chi connectivity index (χ3n) is 18.7. The third kappa shape index (κ3) is 71.5. The average Bonchev–Trinajstić information content (AvgIpc) is 3.51. The van der Waals surface area contributed by atoms with E-state index in [1.165, 1.54) is 411 Å². The highest BCUT2D eigenvalue weighted by atomic mass is 16.3. The number of aliphatic hydroxyl groups is 2. The summed E-state index contributed by atoms with van der Waals surface area (Å²) >= 11 is 0. The molecule has 494 valence electrons. The van der Waals surface area contributed by atoms with Crippen molar-refractivity contribution in [3.8, 4) is 0 Å². The molecular formula is C79H155NO3. The number of allylic oxidation sites excluding steroid dienone is 3. The van der Waals surface area contributed by atoms with Crippen LogP contribution in [0.5, 0.6) is 0 Å². The molecule has 2 atom stereocenters. The Labute approximate surface area is 523 Å². The topological polar surface area (TPSA) is 69.6 Å². The van der Waals surface area contributed by atoms with E-state index in [1.807, 2.05) is 6.08 Å². The van der Waals surface area contributed by atoms with Crippen LogP contribution in [-0.4, -0.2) is 34.9 Å². The van der Waals surface area contributed by atoms with Gasteiger partial charge in [-0.05, 0) is 44.9 Å². The van der Waals surface area contributed by atoms with Gasteiger partial charge in [-0.2, -0.15) is 0 Å². The fourth-order valence-electron chi connectivity index (χ4n) is 12.8. The van der Waals surface area contributed by atoms with E-state index in [1.54, 1.807) is 6.08 Å². The summed E-state index contributed by atoms with van der Waals surface area (Å²) in [6.07, 6.45) is 103. The SMILES string of the molecule is CCCCCCCCCC/C=C\CCCCCCCCCCCCCCCCCCCCCCCCCCCCCC(=O)NC(CO)C(O)/C=C/CCCCCCCCCCCCCCCCCCCCCCCCCCCCCCCC. The fourth-order valence-corrected chi connectivity index (χ4v) is 12.8. The molecule has 0 aromatic carbocycles. The lowest BCUT2D eigenvalue weighted by atomic mass is 10.0. The molecule has 1 amide bonds. The zero-order valence-corrected chi connectivity index (χ0v) is 57.3. The van der Waals surface area contributed by atoms with E-state index in [0.717, 1.165) is 25.7 Å². The number of nitrogens with one attached hydrogen (secondary N) is 1. The van der Waals surface area contributed by atoms with Crippen molar-refractivity contribution in [3.63, 3.8) is 0 Å². The summed E-state index contributed by atoms with van der Waals surface area (Å²) in [5, 5.41) is 23.4. The molecule has 0 fully saturated rings. The highest BCUT2D eigenvalue weighted by Gasteiger charge is 2.18. The van der Waals surface area contributed by atoms with Crippen molar-refractivity contribution in [2.45, 2.75) is 469 Å². The Balaban J connectivity index is 3.37. The number of unbranched alkanes of at least 4 members (excludes halogenated alkanes) is 65. The summed E-state index contributed by atoms with van der Waals surface area (Å²) in [6.45, 7) is 4.37. The number of amides is 1. The van der Waals surface area contributed by atoms with E-state index in [9.17, 15) is 15.0 Å². The summed E-state index contributed by atoms with van der Waals surface area (Å²) in [5.41, 5.74) is 0. The van der Waals surface area contributed by atoms with Gasteiger partial charge in [-0.15, -0.1) is 0 Å². The largest absolute Gasteiger partial charge is 0.394 e. The van der Waals surface area contributed by atoms with Crippen LogP contribution in [0.2, 0.25) is 0 Å². The molecule has 0 radical (unpaired) electrons. The smallest absolute Gasteiger partial charge is 0.220 e. The second kappa shape index (κ2) is 75.1. The number of carbonyl (C=O) groups is 1. The molecule has 0 aromatic rings. The first-order valence-corrected chi connectivity index (χ1v) is 39.1. The molecule has 0 rings (SSSR count). The van der Waals surface area contributed by atoms with E-state index >= 15 is 0 Å². The predicted octanol–water partition coefficient (Wildman–Crippen LogP) is 26.9. The monoisotopic (exact) mass is 1170 g/mol. The highest BCUT2D eigenvalue weighted by Crippen LogP contribution is 2.20. The molecule has 0 aliphatic carbocycles. The first kappa shape index (κ1) is 81.9. The molecule has 4 nitrogen and oxygen atoms in total. The molecule has 0 heterocycles. The Kier molecular flexibility index (Phi) is 74.1. The standard InChI is InChI=1S/C79H155NO3/c1-3-5-7-9-11-13-15-17-19-21-23-25-27-29-31-33-35-37-38-39-40-41-42-43-45-47-49-51-53-55-57-59-61-63-65-67-69-71-73-75-79(83)80-77(76-81)78(82)74-72-70-68-66-64-62-60-58-56-54-52-50-48-46-44-36-34-32-30-28-26-24-22-20-18-16-14-12-10-8-6-4-2/h21,23,72,74,77-78,81-82H,3-20,22,24-71,73,75-76H2,1-2H3,(H,80,83)/b23-21-,74-72+. The molecule has 0 aromatic heterocycles. The first-order chi connectivity index (χ1) is 41.2. The molecule has 0 bridgehead atoms. The number of carbonyl (C=O) groups excluding carboxylic acids is 1. The zero-order valence-electron chi connectivity index (χ0n) is 57.3. The number of hydrogen-bond acceptors (Lipinski definition) is 3. The second-order valence-corrected chi connectivity index (χ2v) is 27.1. The zero-order chi connectivity index (χ0) is 59.8. The summed E-state index contributed by atoms with van der Waals surface area (Å²) < 4.78 is 0. The molecule has 0 saturated carbocycles. The minimum absolute atomic E-state index is 0.0528. The number of hydrogen-bond donors (Lipinski definition) is 3. The lowest BCUT2D eigenvalue weighted by Crippen LogP contribution is -2.45. The number of rotatable bonds is 74. The lowest BCUT2D eigenvalue weighted by molar-refractivity contribution is -0.123. The third-order valence-corrected chi connectivity index (χ3v) is 18.7. The van der Waals surface area contributed by atoms with Crippen LogP contribution >= 0.6 is 0 Å². The maximum absolute atomic E-state index is 12.6. The Morgan fingerprint density at radius 1 is 0.277 bits per heavy atom. The Morgan fingerprint density at radius 3 is 0.663 bits per heavy atom. The van der Waals surface area contributed by atoms with Gasteiger partial charge in [0.15, 0.2) is 0 Å². The van der Waals surface area contributed by atoms with Gasteiger partial charge < -0.3 is 15.5 Å². The fraction of sp³-hybridized carbons (Fsp3) is 0.937. The highest BCUT2D eigenvalue weighted by molar-refractivity contribution is 5.76. The van der Waals surface area contributed by atoms with Gasteiger partial charge in [0, 0.05) is 6.42 Å². The average molecular weight is 1170 g/mol. The predicted molar refractivity (Wildman–Crippen MR) is 373 cm³/mol. The number of aliphatic hydroxyl groups excluding tert-OH is 2. The maximum atomic E-state index is 12.6. The second-order valence-electron chi connectivity index (χ2n) is 27.1. The van der Waals surface area contributed by atoms with E-state index < -0.39 is 12.1 Å². The van der Waals surface area contributed by atoms with Crippen molar-refractivity contribution in [1.29, 1.82) is 0 Å².